The highest BCUT2D eigenvalue weighted by atomic mass is 32.2. The van der Waals surface area contributed by atoms with Crippen molar-refractivity contribution < 1.29 is 14.6 Å². The molecule has 0 aromatic carbocycles. The number of carboxylic acid groups (broad SMARTS) is 1. The Morgan fingerprint density at radius 1 is 1.47 bits per heavy atom. The van der Waals surface area contributed by atoms with E-state index in [1.54, 1.807) is 0 Å². The van der Waals surface area contributed by atoms with E-state index >= 15 is 0 Å². The van der Waals surface area contributed by atoms with E-state index in [-0.39, 0.29) is 6.10 Å². The molecule has 4 heteroatoms. The lowest BCUT2D eigenvalue weighted by atomic mass is 10.2. The third kappa shape index (κ3) is 4.89. The van der Waals surface area contributed by atoms with Gasteiger partial charge in [-0.2, -0.15) is 11.8 Å². The highest BCUT2D eigenvalue weighted by Crippen LogP contribution is 2.23. The summed E-state index contributed by atoms with van der Waals surface area (Å²) >= 11 is 1.89. The monoisotopic (exact) mass is 232 g/mol. The molecule has 0 bridgehead atoms. The number of carbonyl (C=O) groups is 1. The van der Waals surface area contributed by atoms with Gasteiger partial charge in [-0.1, -0.05) is 19.8 Å². The Balaban J connectivity index is 2.01. The molecule has 1 N–H and O–H groups in total. The van der Waals surface area contributed by atoms with Crippen LogP contribution in [0.15, 0.2) is 0 Å². The van der Waals surface area contributed by atoms with Crippen LogP contribution in [-0.2, 0) is 9.53 Å². The van der Waals surface area contributed by atoms with Crippen LogP contribution in [0.1, 0.15) is 39.0 Å². The minimum absolute atomic E-state index is 0.165. The van der Waals surface area contributed by atoms with Gasteiger partial charge in [0.2, 0.25) is 0 Å². The van der Waals surface area contributed by atoms with Crippen LogP contribution in [0.2, 0.25) is 0 Å². The van der Waals surface area contributed by atoms with Crippen molar-refractivity contribution in [2.24, 2.45) is 0 Å². The number of ether oxygens (including phenoxy) is 1. The van der Waals surface area contributed by atoms with Gasteiger partial charge in [-0.05, 0) is 25.0 Å². The molecule has 1 heterocycles. The van der Waals surface area contributed by atoms with Gasteiger partial charge in [-0.15, -0.1) is 0 Å². The molecule has 0 aromatic heterocycles. The van der Waals surface area contributed by atoms with Crippen LogP contribution in [-0.4, -0.2) is 34.8 Å². The van der Waals surface area contributed by atoms with Crippen LogP contribution in [0.5, 0.6) is 0 Å². The first-order valence-corrected chi connectivity index (χ1v) is 6.85. The van der Waals surface area contributed by atoms with Crippen LogP contribution in [0.3, 0.4) is 0 Å². The van der Waals surface area contributed by atoms with Crippen LogP contribution < -0.4 is 0 Å². The Morgan fingerprint density at radius 2 is 2.27 bits per heavy atom. The van der Waals surface area contributed by atoms with Crippen molar-refractivity contribution >= 4 is 17.7 Å². The van der Waals surface area contributed by atoms with Crippen molar-refractivity contribution in [1.82, 2.24) is 0 Å². The molecule has 0 amide bonds. The first kappa shape index (κ1) is 12.8. The molecule has 88 valence electrons. The number of hydrogen-bond acceptors (Lipinski definition) is 3. The molecule has 0 saturated carbocycles. The quantitative estimate of drug-likeness (QED) is 0.685. The number of thioether (sulfide) groups is 1. The molecule has 1 fully saturated rings. The highest BCUT2D eigenvalue weighted by molar-refractivity contribution is 7.99. The van der Waals surface area contributed by atoms with Gasteiger partial charge in [-0.25, -0.2) is 4.79 Å². The van der Waals surface area contributed by atoms with Crippen molar-refractivity contribution in [3.05, 3.63) is 0 Å². The summed E-state index contributed by atoms with van der Waals surface area (Å²) in [4.78, 5) is 10.6. The summed E-state index contributed by atoms with van der Waals surface area (Å²) in [5.74, 6) is 1.31. The molecule has 2 unspecified atom stereocenters. The van der Waals surface area contributed by atoms with E-state index in [2.05, 4.69) is 6.92 Å². The molecule has 3 nitrogen and oxygen atoms in total. The summed E-state index contributed by atoms with van der Waals surface area (Å²) in [5, 5.41) is 8.74. The van der Waals surface area contributed by atoms with Crippen molar-refractivity contribution in [2.75, 3.05) is 11.5 Å². The number of unbranched alkanes of at least 4 members (excludes halogenated alkanes) is 2. The predicted octanol–water partition coefficient (Wildman–Crippen LogP) is 2.54. The first-order chi connectivity index (χ1) is 7.24. The van der Waals surface area contributed by atoms with E-state index in [4.69, 9.17) is 9.84 Å². The van der Waals surface area contributed by atoms with Crippen molar-refractivity contribution in [3.63, 3.8) is 0 Å². The molecule has 1 aliphatic rings. The summed E-state index contributed by atoms with van der Waals surface area (Å²) < 4.78 is 5.41. The second-order valence-electron chi connectivity index (χ2n) is 3.94. The maximum Gasteiger partial charge on any atom is 0.332 e. The van der Waals surface area contributed by atoms with Crippen molar-refractivity contribution in [2.45, 2.75) is 51.2 Å². The molecule has 0 radical (unpaired) electrons. The Morgan fingerprint density at radius 3 is 2.87 bits per heavy atom. The van der Waals surface area contributed by atoms with Gasteiger partial charge >= 0.3 is 5.97 Å². The molecule has 0 aromatic rings. The van der Waals surface area contributed by atoms with Gasteiger partial charge in [-0.3, -0.25) is 0 Å². The topological polar surface area (TPSA) is 46.5 Å². The van der Waals surface area contributed by atoms with Crippen LogP contribution in [0.25, 0.3) is 0 Å². The summed E-state index contributed by atoms with van der Waals surface area (Å²) in [6.45, 7) is 2.20. The molecule has 0 aliphatic carbocycles. The SMILES string of the molecule is CCCCCSCC1CCC(C(=O)O)O1. The second kappa shape index (κ2) is 7.12. The average molecular weight is 232 g/mol. The zero-order valence-electron chi connectivity index (χ0n) is 9.28. The molecular formula is C11H20O3S. The van der Waals surface area contributed by atoms with Crippen LogP contribution in [0, 0.1) is 0 Å². The minimum atomic E-state index is -0.812. The average Bonchev–Trinajstić information content (AvgIpc) is 2.66. The normalized spacial score (nSPS) is 25.7. The van der Waals surface area contributed by atoms with E-state index < -0.39 is 12.1 Å². The fourth-order valence-corrected chi connectivity index (χ4v) is 2.76. The van der Waals surface area contributed by atoms with E-state index in [9.17, 15) is 4.79 Å². The number of carboxylic acids is 1. The first-order valence-electron chi connectivity index (χ1n) is 5.70. The fourth-order valence-electron chi connectivity index (χ4n) is 1.68. The standard InChI is InChI=1S/C11H20O3S/c1-2-3-4-7-15-8-9-5-6-10(14-9)11(12)13/h9-10H,2-8H2,1H3,(H,12,13). The van der Waals surface area contributed by atoms with E-state index in [1.807, 2.05) is 11.8 Å². The second-order valence-corrected chi connectivity index (χ2v) is 5.09. The van der Waals surface area contributed by atoms with E-state index in [1.165, 1.54) is 25.0 Å². The Kier molecular flexibility index (Phi) is 6.10. The lowest BCUT2D eigenvalue weighted by Gasteiger charge is -2.10. The summed E-state index contributed by atoms with van der Waals surface area (Å²) in [5.41, 5.74) is 0. The van der Waals surface area contributed by atoms with Gasteiger partial charge in [0.05, 0.1) is 6.10 Å². The lowest BCUT2D eigenvalue weighted by molar-refractivity contribution is -0.148. The van der Waals surface area contributed by atoms with Gasteiger partial charge in [0.15, 0.2) is 6.10 Å². The molecule has 1 rings (SSSR count). The molecule has 15 heavy (non-hydrogen) atoms. The third-order valence-corrected chi connectivity index (χ3v) is 3.76. The maximum absolute atomic E-state index is 10.6. The lowest BCUT2D eigenvalue weighted by Crippen LogP contribution is -2.21. The molecule has 0 spiro atoms. The third-order valence-electron chi connectivity index (χ3n) is 2.58. The smallest absolute Gasteiger partial charge is 0.332 e. The Hall–Kier alpha value is -0.220. The van der Waals surface area contributed by atoms with Crippen molar-refractivity contribution in [1.29, 1.82) is 0 Å². The Labute approximate surface area is 95.6 Å². The fraction of sp³-hybridized carbons (Fsp3) is 0.909. The van der Waals surface area contributed by atoms with Crippen LogP contribution in [0.4, 0.5) is 0 Å². The predicted molar refractivity (Wildman–Crippen MR) is 62.4 cm³/mol. The molecular weight excluding hydrogens is 212 g/mol. The largest absolute Gasteiger partial charge is 0.479 e. The molecule has 2 atom stereocenters. The van der Waals surface area contributed by atoms with Gasteiger partial charge in [0, 0.05) is 5.75 Å². The van der Waals surface area contributed by atoms with Gasteiger partial charge in [0.25, 0.3) is 0 Å². The summed E-state index contributed by atoms with van der Waals surface area (Å²) in [6.07, 6.45) is 4.99. The molecule has 1 aliphatic heterocycles. The number of aliphatic carboxylic acids is 1. The highest BCUT2D eigenvalue weighted by Gasteiger charge is 2.29. The number of rotatable bonds is 7. The zero-order chi connectivity index (χ0) is 11.1. The van der Waals surface area contributed by atoms with E-state index in [0.29, 0.717) is 6.42 Å². The zero-order valence-corrected chi connectivity index (χ0v) is 10.1. The maximum atomic E-state index is 10.6. The van der Waals surface area contributed by atoms with Gasteiger partial charge in [0.1, 0.15) is 0 Å². The summed E-state index contributed by atoms with van der Waals surface area (Å²) in [6, 6.07) is 0. The Bertz CT molecular complexity index is 196. The van der Waals surface area contributed by atoms with Crippen LogP contribution >= 0.6 is 11.8 Å². The minimum Gasteiger partial charge on any atom is -0.479 e. The number of hydrogen-bond donors (Lipinski definition) is 1. The molecule has 1 saturated heterocycles. The van der Waals surface area contributed by atoms with E-state index in [0.717, 1.165) is 12.2 Å². The summed E-state index contributed by atoms with van der Waals surface area (Å²) in [7, 11) is 0. The van der Waals surface area contributed by atoms with Gasteiger partial charge < -0.3 is 9.84 Å². The van der Waals surface area contributed by atoms with Crippen molar-refractivity contribution in [3.8, 4) is 0 Å².